The fraction of sp³-hybridized carbons (Fsp3) is 0.379. The first-order valence-electron chi connectivity index (χ1n) is 13.6. The first kappa shape index (κ1) is 29.4. The number of benzene rings is 2. The van der Waals surface area contributed by atoms with Crippen LogP contribution in [-0.2, 0) is 28.1 Å². The highest BCUT2D eigenvalue weighted by Gasteiger charge is 2.50. The number of aryl methyl sites for hydroxylation is 1. The molecule has 0 bridgehead atoms. The van der Waals surface area contributed by atoms with Crippen molar-refractivity contribution < 1.29 is 27.6 Å². The van der Waals surface area contributed by atoms with E-state index in [4.69, 9.17) is 4.74 Å². The molecule has 0 unspecified atom stereocenters. The van der Waals surface area contributed by atoms with E-state index in [2.05, 4.69) is 26.0 Å². The summed E-state index contributed by atoms with van der Waals surface area (Å²) in [6, 6.07) is 8.86. The number of carbonyl (C=O) groups excluding carboxylic acids is 1. The number of amides is 1. The molecule has 2 heterocycles. The Morgan fingerprint density at radius 2 is 1.86 bits per heavy atom. The standard InChI is InChI=1S/C29H37N7O5S/c1-17-8-9-18(12-23(17)36-16-22(32-34-36)24-15-30-27(35(24)5)29(38)10-11-29)26(37)31-20-13-19(28(2,3)4)14-21(25(20)41-6)33-42(7,39)40/h8-9,12-16,32-34,38H,10-11H2,1-7H3,(H,31,37)/p+1. The highest BCUT2D eigenvalue weighted by atomic mass is 32.2. The van der Waals surface area contributed by atoms with Crippen LogP contribution in [0, 0.1) is 6.92 Å². The largest absolute Gasteiger partial charge is 0.492 e. The number of rotatable bonds is 8. The first-order chi connectivity index (χ1) is 19.6. The van der Waals surface area contributed by atoms with Crippen molar-refractivity contribution in [2.75, 3.05) is 28.4 Å². The molecule has 1 aromatic heterocycles. The van der Waals surface area contributed by atoms with Crippen LogP contribution in [0.25, 0.3) is 5.70 Å². The third-order valence-electron chi connectivity index (χ3n) is 7.49. The highest BCUT2D eigenvalue weighted by Crippen LogP contribution is 2.43. The summed E-state index contributed by atoms with van der Waals surface area (Å²) in [6.45, 7) is 7.94. The van der Waals surface area contributed by atoms with Crippen molar-refractivity contribution in [1.82, 2.24) is 15.9 Å². The van der Waals surface area contributed by atoms with E-state index in [0.717, 1.165) is 53.1 Å². The molecule has 0 atom stereocenters. The van der Waals surface area contributed by atoms with Gasteiger partial charge in [0.25, 0.3) is 11.7 Å². The van der Waals surface area contributed by atoms with Crippen LogP contribution in [0.1, 0.15) is 66.6 Å². The Morgan fingerprint density at radius 1 is 1.17 bits per heavy atom. The number of imidazole rings is 1. The second kappa shape index (κ2) is 10.3. The quantitative estimate of drug-likeness (QED) is 0.217. The minimum Gasteiger partial charge on any atom is -0.492 e. The molecular weight excluding hydrogens is 558 g/mol. The molecule has 42 heavy (non-hydrogen) atoms. The van der Waals surface area contributed by atoms with Gasteiger partial charge in [-0.2, -0.15) is 0 Å². The van der Waals surface area contributed by atoms with Crippen molar-refractivity contribution in [1.29, 1.82) is 0 Å². The van der Waals surface area contributed by atoms with Gasteiger partial charge in [0.2, 0.25) is 10.0 Å². The summed E-state index contributed by atoms with van der Waals surface area (Å²) in [5, 5.41) is 15.3. The van der Waals surface area contributed by atoms with Gasteiger partial charge < -0.3 is 15.2 Å². The number of aromatic nitrogens is 2. The normalized spacial score (nSPS) is 16.1. The second-order valence-corrected chi connectivity index (χ2v) is 13.7. The van der Waals surface area contributed by atoms with Crippen molar-refractivity contribution in [3.05, 3.63) is 70.9 Å². The maximum absolute atomic E-state index is 13.5. The zero-order valence-corrected chi connectivity index (χ0v) is 25.7. The molecule has 1 saturated carbocycles. The van der Waals surface area contributed by atoms with Gasteiger partial charge in [-0.25, -0.2) is 18.0 Å². The van der Waals surface area contributed by atoms with Crippen molar-refractivity contribution in [3.63, 3.8) is 0 Å². The number of aromatic amines is 1. The fourth-order valence-electron chi connectivity index (χ4n) is 4.94. The Kier molecular flexibility index (Phi) is 7.24. The predicted molar refractivity (Wildman–Crippen MR) is 161 cm³/mol. The maximum atomic E-state index is 13.5. The molecule has 1 aliphatic heterocycles. The minimum atomic E-state index is -3.60. The molecular formula is C29H38N7O5S+. The van der Waals surface area contributed by atoms with Gasteiger partial charge in [0.1, 0.15) is 11.9 Å². The summed E-state index contributed by atoms with van der Waals surface area (Å²) in [4.78, 5) is 16.7. The number of sulfonamides is 1. The monoisotopic (exact) mass is 596 g/mol. The van der Waals surface area contributed by atoms with Gasteiger partial charge in [0.15, 0.2) is 17.0 Å². The Morgan fingerprint density at radius 3 is 2.48 bits per heavy atom. The van der Waals surface area contributed by atoms with Crippen LogP contribution < -0.4 is 35.3 Å². The molecule has 0 spiro atoms. The predicted octanol–water partition coefficient (Wildman–Crippen LogP) is 2.89. The number of nitrogens with one attached hydrogen (secondary N) is 5. The van der Waals surface area contributed by atoms with Crippen molar-refractivity contribution in [2.24, 2.45) is 7.05 Å². The Labute approximate surface area is 245 Å². The summed E-state index contributed by atoms with van der Waals surface area (Å²) in [6.07, 6.45) is 6.25. The number of hydrazine groups is 2. The van der Waals surface area contributed by atoms with Gasteiger partial charge in [-0.05, 0) is 60.6 Å². The second-order valence-electron chi connectivity index (χ2n) is 11.9. The van der Waals surface area contributed by atoms with E-state index < -0.39 is 15.6 Å². The van der Waals surface area contributed by atoms with E-state index in [1.165, 1.54) is 7.11 Å². The number of nitrogens with zero attached hydrogens (tertiary/aromatic N) is 2. The van der Waals surface area contributed by atoms with Crippen LogP contribution in [0.2, 0.25) is 0 Å². The summed E-state index contributed by atoms with van der Waals surface area (Å²) in [5.74, 6) is 0.581. The molecule has 13 heteroatoms. The molecule has 0 saturated heterocycles. The average Bonchev–Trinajstić information content (AvgIpc) is 3.27. The van der Waals surface area contributed by atoms with Gasteiger partial charge in [-0.15, -0.1) is 5.53 Å². The Balaban J connectivity index is 1.44. The van der Waals surface area contributed by atoms with E-state index in [-0.39, 0.29) is 22.8 Å². The van der Waals surface area contributed by atoms with E-state index >= 15 is 0 Å². The number of anilines is 3. The summed E-state index contributed by atoms with van der Waals surface area (Å²) in [7, 11) is -0.276. The van der Waals surface area contributed by atoms with Crippen LogP contribution in [0.4, 0.5) is 17.1 Å². The third-order valence-corrected chi connectivity index (χ3v) is 8.08. The number of carbonyl (C=O) groups is 1. The van der Waals surface area contributed by atoms with E-state index in [1.54, 1.807) is 29.3 Å². The number of hydrogen-bond acceptors (Lipinski definition) is 8. The van der Waals surface area contributed by atoms with E-state index in [0.29, 0.717) is 11.3 Å². The van der Waals surface area contributed by atoms with Gasteiger partial charge in [0.05, 0.1) is 43.7 Å². The average molecular weight is 597 g/mol. The van der Waals surface area contributed by atoms with Crippen molar-refractivity contribution in [2.45, 2.75) is 51.6 Å². The molecule has 3 aromatic rings. The third kappa shape index (κ3) is 5.80. The molecule has 2 aliphatic rings. The summed E-state index contributed by atoms with van der Waals surface area (Å²) < 4.78 is 34.1. The first-order valence-corrected chi connectivity index (χ1v) is 15.4. The SMILES string of the molecule is COc1c(NC(=O)c2ccc(C)c(N3C=C(c4c[nH]c(C5(O)CC5)[n+]4C)NN3)c2)cc(C(C)(C)C)cc1NS(C)(=O)=O. The van der Waals surface area contributed by atoms with E-state index in [9.17, 15) is 18.3 Å². The molecule has 12 nitrogen and oxygen atoms in total. The fourth-order valence-corrected chi connectivity index (χ4v) is 5.49. The molecule has 224 valence electrons. The van der Waals surface area contributed by atoms with E-state index in [1.807, 2.05) is 57.8 Å². The van der Waals surface area contributed by atoms with Crippen LogP contribution in [0.5, 0.6) is 5.75 Å². The number of ether oxygens (including phenoxy) is 1. The van der Waals surface area contributed by atoms with Crippen LogP contribution in [0.15, 0.2) is 42.7 Å². The maximum Gasteiger partial charge on any atom is 0.287 e. The van der Waals surface area contributed by atoms with Crippen molar-refractivity contribution >= 4 is 38.7 Å². The van der Waals surface area contributed by atoms with Gasteiger partial charge in [-0.3, -0.25) is 20.0 Å². The molecule has 1 amide bonds. The lowest BCUT2D eigenvalue weighted by atomic mass is 9.86. The Bertz CT molecular complexity index is 1700. The van der Waals surface area contributed by atoms with Crippen LogP contribution >= 0.6 is 0 Å². The lowest BCUT2D eigenvalue weighted by Crippen LogP contribution is -2.41. The van der Waals surface area contributed by atoms with Crippen LogP contribution in [-0.4, -0.2) is 37.8 Å². The molecule has 0 radical (unpaired) electrons. The lowest BCUT2D eigenvalue weighted by molar-refractivity contribution is -0.685. The van der Waals surface area contributed by atoms with Crippen LogP contribution in [0.3, 0.4) is 0 Å². The molecule has 5 rings (SSSR count). The molecule has 1 aliphatic carbocycles. The Hall–Kier alpha value is -4.07. The number of methoxy groups -OCH3 is 1. The van der Waals surface area contributed by atoms with Gasteiger partial charge in [0, 0.05) is 5.56 Å². The topological polar surface area (TPSA) is 152 Å². The molecule has 1 fully saturated rings. The number of hydrogen-bond donors (Lipinski definition) is 6. The molecule has 6 N–H and O–H groups in total. The highest BCUT2D eigenvalue weighted by molar-refractivity contribution is 7.92. The lowest BCUT2D eigenvalue weighted by Gasteiger charge is -2.24. The van der Waals surface area contributed by atoms with Gasteiger partial charge >= 0.3 is 0 Å². The zero-order valence-electron chi connectivity index (χ0n) is 24.8. The minimum absolute atomic E-state index is 0.210. The summed E-state index contributed by atoms with van der Waals surface area (Å²) in [5.41, 5.74) is 10.3. The number of aliphatic hydroxyl groups is 1. The number of H-pyrrole nitrogens is 1. The van der Waals surface area contributed by atoms with Crippen molar-refractivity contribution in [3.8, 4) is 5.75 Å². The zero-order chi connectivity index (χ0) is 30.6. The molecule has 2 aromatic carbocycles. The van der Waals surface area contributed by atoms with Gasteiger partial charge in [-0.1, -0.05) is 26.8 Å². The summed E-state index contributed by atoms with van der Waals surface area (Å²) >= 11 is 0. The smallest absolute Gasteiger partial charge is 0.287 e.